The van der Waals surface area contributed by atoms with Crippen molar-refractivity contribution in [1.82, 2.24) is 15.1 Å². The molecule has 0 aromatic heterocycles. The number of hydrogen-bond donors (Lipinski definition) is 2. The molecule has 1 atom stereocenters. The third-order valence-electron chi connectivity index (χ3n) is 5.41. The highest BCUT2D eigenvalue weighted by Crippen LogP contribution is 2.32. The zero-order valence-corrected chi connectivity index (χ0v) is 19.9. The van der Waals surface area contributed by atoms with Crippen LogP contribution in [0.4, 0.5) is 4.39 Å². The fourth-order valence-electron chi connectivity index (χ4n) is 3.86. The summed E-state index contributed by atoms with van der Waals surface area (Å²) in [7, 11) is 0. The summed E-state index contributed by atoms with van der Waals surface area (Å²) in [4.78, 5) is 9.14. The van der Waals surface area contributed by atoms with Crippen molar-refractivity contribution in [2.24, 2.45) is 10.7 Å². The van der Waals surface area contributed by atoms with E-state index in [4.69, 9.17) is 22.1 Å². The predicted molar refractivity (Wildman–Crippen MR) is 127 cm³/mol. The number of rotatable bonds is 8. The molecule has 0 spiro atoms. The number of nitrogens with two attached hydrogens (primary N) is 1. The Kier molecular flexibility index (Phi) is 10.9. The zero-order valence-electron chi connectivity index (χ0n) is 16.8. The first-order valence-electron chi connectivity index (χ1n) is 10.2. The summed E-state index contributed by atoms with van der Waals surface area (Å²) < 4.78 is 19.8. The van der Waals surface area contributed by atoms with Crippen molar-refractivity contribution in [3.8, 4) is 0 Å². The quantitative estimate of drug-likeness (QED) is 0.230. The Morgan fingerprint density at radius 2 is 1.97 bits per heavy atom. The number of halogens is 3. The van der Waals surface area contributed by atoms with Crippen LogP contribution in [-0.2, 0) is 4.74 Å². The summed E-state index contributed by atoms with van der Waals surface area (Å²) in [6.45, 7) is 7.64. The van der Waals surface area contributed by atoms with Gasteiger partial charge in [0, 0.05) is 30.2 Å². The van der Waals surface area contributed by atoms with Crippen molar-refractivity contribution in [3.05, 3.63) is 34.6 Å². The lowest BCUT2D eigenvalue weighted by Crippen LogP contribution is -2.39. The number of aliphatic imine (C=N–C) groups is 1. The van der Waals surface area contributed by atoms with Gasteiger partial charge < -0.3 is 15.8 Å². The molecule has 6 nitrogen and oxygen atoms in total. The highest BCUT2D eigenvalue weighted by molar-refractivity contribution is 14.0. The third-order valence-corrected chi connectivity index (χ3v) is 5.74. The van der Waals surface area contributed by atoms with Crippen LogP contribution in [0.15, 0.2) is 23.2 Å². The first kappa shape index (κ1) is 24.6. The van der Waals surface area contributed by atoms with Gasteiger partial charge in [0.15, 0.2) is 5.96 Å². The van der Waals surface area contributed by atoms with E-state index in [1.165, 1.54) is 6.07 Å². The largest absolute Gasteiger partial charge is 0.379 e. The van der Waals surface area contributed by atoms with E-state index in [0.717, 1.165) is 71.7 Å². The molecule has 2 saturated heterocycles. The van der Waals surface area contributed by atoms with Gasteiger partial charge in [-0.05, 0) is 51.0 Å². The van der Waals surface area contributed by atoms with Gasteiger partial charge in [0.2, 0.25) is 0 Å². The highest BCUT2D eigenvalue weighted by Gasteiger charge is 2.27. The average molecular weight is 540 g/mol. The molecule has 0 amide bonds. The predicted octanol–water partition coefficient (Wildman–Crippen LogP) is 2.86. The number of likely N-dealkylation sites (tertiary alicyclic amines) is 1. The van der Waals surface area contributed by atoms with Gasteiger partial charge in [-0.1, -0.05) is 17.7 Å². The van der Waals surface area contributed by atoms with Gasteiger partial charge >= 0.3 is 0 Å². The fourth-order valence-corrected chi connectivity index (χ4v) is 4.15. The van der Waals surface area contributed by atoms with Crippen LogP contribution in [0.3, 0.4) is 0 Å². The van der Waals surface area contributed by atoms with E-state index in [1.54, 1.807) is 12.1 Å². The topological polar surface area (TPSA) is 66.1 Å². The number of nitrogens with one attached hydrogen (secondary N) is 1. The van der Waals surface area contributed by atoms with Crippen LogP contribution in [0.5, 0.6) is 0 Å². The second-order valence-electron chi connectivity index (χ2n) is 7.35. The maximum Gasteiger partial charge on any atom is 0.188 e. The number of nitrogens with zero attached hydrogens (tertiary/aromatic N) is 3. The summed E-state index contributed by atoms with van der Waals surface area (Å²) >= 11 is 6.32. The van der Waals surface area contributed by atoms with Gasteiger partial charge in [0.1, 0.15) is 5.82 Å². The maximum atomic E-state index is 14.5. The normalized spacial score (nSPS) is 19.7. The molecule has 0 aliphatic carbocycles. The van der Waals surface area contributed by atoms with Crippen LogP contribution in [-0.4, -0.2) is 74.8 Å². The molecular formula is C20H32ClFIN5O. The number of guanidine groups is 1. The molecule has 0 saturated carbocycles. The monoisotopic (exact) mass is 539 g/mol. The second-order valence-corrected chi connectivity index (χ2v) is 7.76. The average Bonchev–Trinajstić information content (AvgIpc) is 3.23. The molecule has 2 aliphatic rings. The van der Waals surface area contributed by atoms with Gasteiger partial charge in [-0.2, -0.15) is 0 Å². The molecule has 1 aromatic carbocycles. The third kappa shape index (κ3) is 7.50. The lowest BCUT2D eigenvalue weighted by molar-refractivity contribution is 0.0376. The van der Waals surface area contributed by atoms with E-state index in [9.17, 15) is 4.39 Å². The molecule has 2 heterocycles. The molecule has 3 rings (SSSR count). The van der Waals surface area contributed by atoms with Gasteiger partial charge in [-0.3, -0.25) is 14.8 Å². The number of hydrogen-bond acceptors (Lipinski definition) is 4. The van der Waals surface area contributed by atoms with E-state index in [-0.39, 0.29) is 35.8 Å². The Bertz CT molecular complexity index is 634. The Balaban J connectivity index is 0.00000300. The Morgan fingerprint density at radius 3 is 2.66 bits per heavy atom. The minimum Gasteiger partial charge on any atom is -0.379 e. The molecule has 1 unspecified atom stereocenters. The van der Waals surface area contributed by atoms with E-state index < -0.39 is 0 Å². The molecule has 164 valence electrons. The molecule has 1 aromatic rings. The molecular weight excluding hydrogens is 508 g/mol. The van der Waals surface area contributed by atoms with Crippen LogP contribution in [0.25, 0.3) is 0 Å². The van der Waals surface area contributed by atoms with Crippen molar-refractivity contribution < 1.29 is 9.13 Å². The van der Waals surface area contributed by atoms with E-state index in [0.29, 0.717) is 23.1 Å². The molecule has 0 bridgehead atoms. The molecule has 2 fully saturated rings. The number of ether oxygens (including phenoxy) is 1. The van der Waals surface area contributed by atoms with Gasteiger partial charge in [0.05, 0.1) is 25.8 Å². The van der Waals surface area contributed by atoms with Gasteiger partial charge in [0.25, 0.3) is 0 Å². The fraction of sp³-hybridized carbons (Fsp3) is 0.650. The van der Waals surface area contributed by atoms with Crippen LogP contribution < -0.4 is 11.1 Å². The van der Waals surface area contributed by atoms with Crippen LogP contribution in [0.2, 0.25) is 5.02 Å². The van der Waals surface area contributed by atoms with Crippen molar-refractivity contribution in [3.63, 3.8) is 0 Å². The van der Waals surface area contributed by atoms with E-state index in [2.05, 4.69) is 20.1 Å². The Labute approximate surface area is 195 Å². The molecule has 0 radical (unpaired) electrons. The molecule has 2 aliphatic heterocycles. The van der Waals surface area contributed by atoms with E-state index in [1.807, 2.05) is 0 Å². The van der Waals surface area contributed by atoms with E-state index >= 15 is 0 Å². The minimum absolute atomic E-state index is 0. The van der Waals surface area contributed by atoms with Crippen LogP contribution >= 0.6 is 35.6 Å². The SMILES string of the molecule is I.NC(=NCC(c1c(F)cccc1Cl)N1CCCC1)NCCCN1CCOCC1. The van der Waals surface area contributed by atoms with Crippen molar-refractivity contribution in [2.75, 3.05) is 59.0 Å². The van der Waals surface area contributed by atoms with Crippen LogP contribution in [0, 0.1) is 5.82 Å². The molecule has 3 N–H and O–H groups in total. The maximum absolute atomic E-state index is 14.5. The summed E-state index contributed by atoms with van der Waals surface area (Å²) in [5, 5.41) is 3.62. The van der Waals surface area contributed by atoms with Crippen LogP contribution in [0.1, 0.15) is 30.9 Å². The summed E-state index contributed by atoms with van der Waals surface area (Å²) in [5.74, 6) is 0.121. The molecule has 9 heteroatoms. The lowest BCUT2D eigenvalue weighted by Gasteiger charge is -2.28. The summed E-state index contributed by atoms with van der Waals surface area (Å²) in [5.41, 5.74) is 6.58. The van der Waals surface area contributed by atoms with Crippen molar-refractivity contribution >= 4 is 41.5 Å². The standard InChI is InChI=1S/C20H31ClFN5O.HI/c21-16-5-3-6-17(22)19(16)18(27-9-1-2-10-27)15-25-20(23)24-7-4-8-26-11-13-28-14-12-26;/h3,5-6,18H,1-2,4,7-15H2,(H3,23,24,25);1H. The smallest absolute Gasteiger partial charge is 0.188 e. The summed E-state index contributed by atoms with van der Waals surface area (Å²) in [6, 6.07) is 4.64. The zero-order chi connectivity index (χ0) is 19.8. The number of morpholine rings is 1. The van der Waals surface area contributed by atoms with Gasteiger partial charge in [-0.15, -0.1) is 24.0 Å². The van der Waals surface area contributed by atoms with Gasteiger partial charge in [-0.25, -0.2) is 4.39 Å². The lowest BCUT2D eigenvalue weighted by atomic mass is 10.0. The van der Waals surface area contributed by atoms with Crippen molar-refractivity contribution in [1.29, 1.82) is 0 Å². The number of benzene rings is 1. The Morgan fingerprint density at radius 1 is 1.24 bits per heavy atom. The first-order chi connectivity index (χ1) is 13.6. The molecule has 29 heavy (non-hydrogen) atoms. The second kappa shape index (κ2) is 12.9. The summed E-state index contributed by atoms with van der Waals surface area (Å²) in [6.07, 6.45) is 3.22. The highest BCUT2D eigenvalue weighted by atomic mass is 127. The van der Waals surface area contributed by atoms with Crippen molar-refractivity contribution in [2.45, 2.75) is 25.3 Å². The first-order valence-corrected chi connectivity index (χ1v) is 10.5. The Hall–Kier alpha value is -0.680. The minimum atomic E-state index is -0.281.